The summed E-state index contributed by atoms with van der Waals surface area (Å²) in [6.45, 7) is 0. The number of hydrogen-bond donors (Lipinski definition) is 1. The van der Waals surface area contributed by atoms with Gasteiger partial charge in [-0.2, -0.15) is 0 Å². The average molecular weight is 463 g/mol. The third-order valence-corrected chi connectivity index (χ3v) is 4.27. The number of nitrogens with zero attached hydrogens (tertiary/aromatic N) is 4. The maximum absolute atomic E-state index is 12.7. The van der Waals surface area contributed by atoms with Gasteiger partial charge in [-0.25, -0.2) is 19.7 Å². The van der Waals surface area contributed by atoms with E-state index in [9.17, 15) is 14.4 Å². The minimum absolute atomic E-state index is 0.163. The van der Waals surface area contributed by atoms with Crippen LogP contribution in [0.2, 0.25) is 0 Å². The van der Waals surface area contributed by atoms with Gasteiger partial charge in [0.2, 0.25) is 5.95 Å². The highest BCUT2D eigenvalue weighted by molar-refractivity contribution is 14.1. The van der Waals surface area contributed by atoms with E-state index in [1.165, 1.54) is 18.5 Å². The Balaban J connectivity index is 1.95. The van der Waals surface area contributed by atoms with Crippen molar-refractivity contribution in [3.8, 4) is 0 Å². The van der Waals surface area contributed by atoms with E-state index in [1.807, 2.05) is 0 Å². The molecule has 9 heteroatoms. The Bertz CT molecular complexity index is 907. The molecule has 132 valence electrons. The fourth-order valence-electron chi connectivity index (χ4n) is 2.29. The second-order valence-electron chi connectivity index (χ2n) is 5.65. The van der Waals surface area contributed by atoms with Crippen LogP contribution < -0.4 is 15.1 Å². The van der Waals surface area contributed by atoms with E-state index in [0.29, 0.717) is 17.2 Å². The highest BCUT2D eigenvalue weighted by Gasteiger charge is 2.36. The maximum Gasteiger partial charge on any atom is 0.335 e. The van der Waals surface area contributed by atoms with Gasteiger partial charge in [0.1, 0.15) is 5.57 Å². The molecule has 26 heavy (non-hydrogen) atoms. The van der Waals surface area contributed by atoms with Gasteiger partial charge in [-0.1, -0.05) is 0 Å². The SMILES string of the molecule is CN(C)c1ncc(/C=C2\C(=O)NC(=O)N(c3ccc(I)cc3)C2=O)cn1. The van der Waals surface area contributed by atoms with Crippen LogP contribution in [0, 0.1) is 3.57 Å². The van der Waals surface area contributed by atoms with Crippen LogP contribution in [0.3, 0.4) is 0 Å². The molecule has 3 rings (SSSR count). The Hall–Kier alpha value is -2.82. The third-order valence-electron chi connectivity index (χ3n) is 3.56. The third kappa shape index (κ3) is 3.57. The standard InChI is InChI=1S/C17H14IN5O3/c1-22(2)16-19-8-10(9-20-16)7-13-14(24)21-17(26)23(15(13)25)12-5-3-11(18)4-6-12/h3-9H,1-2H3,(H,21,24,26)/b13-7+. The number of carbonyl (C=O) groups is 3. The smallest absolute Gasteiger partial charge is 0.335 e. The molecule has 0 spiro atoms. The fraction of sp³-hybridized carbons (Fsp3) is 0.118. The summed E-state index contributed by atoms with van der Waals surface area (Å²) < 4.78 is 0.959. The Labute approximate surface area is 163 Å². The van der Waals surface area contributed by atoms with Crippen molar-refractivity contribution in [2.24, 2.45) is 0 Å². The number of nitrogens with one attached hydrogen (secondary N) is 1. The summed E-state index contributed by atoms with van der Waals surface area (Å²) in [7, 11) is 3.60. The van der Waals surface area contributed by atoms with E-state index in [1.54, 1.807) is 43.3 Å². The normalized spacial score (nSPS) is 16.0. The Morgan fingerprint density at radius 2 is 1.69 bits per heavy atom. The predicted octanol–water partition coefficient (Wildman–Crippen LogP) is 1.81. The zero-order valence-electron chi connectivity index (χ0n) is 13.9. The van der Waals surface area contributed by atoms with Crippen LogP contribution >= 0.6 is 22.6 Å². The van der Waals surface area contributed by atoms with Gasteiger partial charge in [-0.05, 0) is 52.9 Å². The van der Waals surface area contributed by atoms with Crippen molar-refractivity contribution in [2.45, 2.75) is 0 Å². The molecule has 0 saturated carbocycles. The Morgan fingerprint density at radius 3 is 2.27 bits per heavy atom. The highest BCUT2D eigenvalue weighted by Crippen LogP contribution is 2.22. The molecule has 8 nitrogen and oxygen atoms in total. The van der Waals surface area contributed by atoms with Crippen LogP contribution in [0.15, 0.2) is 42.2 Å². The maximum atomic E-state index is 12.7. The van der Waals surface area contributed by atoms with Crippen LogP contribution in [-0.2, 0) is 9.59 Å². The molecule has 0 bridgehead atoms. The molecule has 2 heterocycles. The summed E-state index contributed by atoms with van der Waals surface area (Å²) in [5.41, 5.74) is 0.695. The predicted molar refractivity (Wildman–Crippen MR) is 105 cm³/mol. The van der Waals surface area contributed by atoms with Crippen LogP contribution in [-0.4, -0.2) is 41.9 Å². The van der Waals surface area contributed by atoms with Crippen molar-refractivity contribution in [3.05, 3.63) is 51.4 Å². The minimum Gasteiger partial charge on any atom is -0.347 e. The molecule has 1 fully saturated rings. The molecule has 1 aromatic heterocycles. The van der Waals surface area contributed by atoms with E-state index in [4.69, 9.17) is 0 Å². The molecule has 1 aliphatic heterocycles. The Morgan fingerprint density at radius 1 is 1.08 bits per heavy atom. The van der Waals surface area contributed by atoms with Gasteiger partial charge in [-0.15, -0.1) is 0 Å². The molecule has 1 aliphatic rings. The van der Waals surface area contributed by atoms with Gasteiger partial charge in [0.25, 0.3) is 11.8 Å². The quantitative estimate of drug-likeness (QED) is 0.424. The second-order valence-corrected chi connectivity index (χ2v) is 6.89. The zero-order chi connectivity index (χ0) is 18.8. The van der Waals surface area contributed by atoms with Gasteiger partial charge >= 0.3 is 6.03 Å². The molecule has 4 amide bonds. The van der Waals surface area contributed by atoms with Crippen molar-refractivity contribution in [2.75, 3.05) is 23.9 Å². The van der Waals surface area contributed by atoms with Crippen LogP contribution in [0.4, 0.5) is 16.4 Å². The van der Waals surface area contributed by atoms with Gasteiger partial charge in [0, 0.05) is 35.6 Å². The number of carbonyl (C=O) groups excluding carboxylic acids is 3. The summed E-state index contributed by atoms with van der Waals surface area (Å²) in [5.74, 6) is -0.947. The lowest BCUT2D eigenvalue weighted by atomic mass is 10.1. The van der Waals surface area contributed by atoms with E-state index in [2.05, 4.69) is 37.9 Å². The van der Waals surface area contributed by atoms with Crippen LogP contribution in [0.5, 0.6) is 0 Å². The number of benzene rings is 1. The number of hydrogen-bond acceptors (Lipinski definition) is 6. The molecule has 0 radical (unpaired) electrons. The topological polar surface area (TPSA) is 95.5 Å². The number of barbiturate groups is 1. The summed E-state index contributed by atoms with van der Waals surface area (Å²) in [5, 5.41) is 2.18. The van der Waals surface area contributed by atoms with Crippen LogP contribution in [0.25, 0.3) is 6.08 Å². The first-order valence-electron chi connectivity index (χ1n) is 7.53. The average Bonchev–Trinajstić information content (AvgIpc) is 2.60. The number of imide groups is 2. The molecular weight excluding hydrogens is 449 g/mol. The van der Waals surface area contributed by atoms with E-state index in [0.717, 1.165) is 8.47 Å². The number of aromatic nitrogens is 2. The largest absolute Gasteiger partial charge is 0.347 e. The first-order chi connectivity index (χ1) is 12.4. The number of anilines is 2. The summed E-state index contributed by atoms with van der Waals surface area (Å²) in [6, 6.07) is 6.04. The van der Waals surface area contributed by atoms with Crippen molar-refractivity contribution < 1.29 is 14.4 Å². The lowest BCUT2D eigenvalue weighted by molar-refractivity contribution is -0.122. The molecule has 2 aromatic rings. The van der Waals surface area contributed by atoms with Crippen molar-refractivity contribution in [1.82, 2.24) is 15.3 Å². The van der Waals surface area contributed by atoms with E-state index >= 15 is 0 Å². The first-order valence-corrected chi connectivity index (χ1v) is 8.61. The molecule has 1 saturated heterocycles. The van der Waals surface area contributed by atoms with Gasteiger partial charge in [0.05, 0.1) is 5.69 Å². The van der Waals surface area contributed by atoms with E-state index < -0.39 is 17.8 Å². The van der Waals surface area contributed by atoms with Gasteiger partial charge < -0.3 is 4.90 Å². The lowest BCUT2D eigenvalue weighted by Gasteiger charge is -2.26. The van der Waals surface area contributed by atoms with E-state index in [-0.39, 0.29) is 5.57 Å². The number of amides is 4. The molecule has 0 atom stereocenters. The van der Waals surface area contributed by atoms with Crippen molar-refractivity contribution in [1.29, 1.82) is 0 Å². The monoisotopic (exact) mass is 463 g/mol. The molecular formula is C17H14IN5O3. The molecule has 1 aromatic carbocycles. The summed E-state index contributed by atoms with van der Waals surface area (Å²) >= 11 is 2.12. The van der Waals surface area contributed by atoms with Crippen molar-refractivity contribution in [3.63, 3.8) is 0 Å². The number of urea groups is 1. The first kappa shape index (κ1) is 18.0. The number of halogens is 1. The molecule has 1 N–H and O–H groups in total. The summed E-state index contributed by atoms with van der Waals surface area (Å²) in [6.07, 6.45) is 4.37. The fourth-order valence-corrected chi connectivity index (χ4v) is 2.65. The molecule has 0 unspecified atom stereocenters. The summed E-state index contributed by atoms with van der Waals surface area (Å²) in [4.78, 5) is 47.9. The van der Waals surface area contributed by atoms with Gasteiger partial charge in [0.15, 0.2) is 0 Å². The molecule has 0 aliphatic carbocycles. The second kappa shape index (κ2) is 7.20. The minimum atomic E-state index is -0.780. The van der Waals surface area contributed by atoms with Crippen LogP contribution in [0.1, 0.15) is 5.56 Å². The van der Waals surface area contributed by atoms with Crippen molar-refractivity contribution >= 4 is 58.1 Å². The zero-order valence-corrected chi connectivity index (χ0v) is 16.1. The number of rotatable bonds is 3. The van der Waals surface area contributed by atoms with Gasteiger partial charge in [-0.3, -0.25) is 14.9 Å². The highest BCUT2D eigenvalue weighted by atomic mass is 127. The Kier molecular flexibility index (Phi) is 4.98. The lowest BCUT2D eigenvalue weighted by Crippen LogP contribution is -2.54.